The van der Waals surface area contributed by atoms with Gasteiger partial charge in [-0.3, -0.25) is 4.79 Å². The molecule has 2 atom stereocenters. The lowest BCUT2D eigenvalue weighted by molar-refractivity contribution is -0.142. The molecule has 2 aliphatic rings. The van der Waals surface area contributed by atoms with Crippen LogP contribution in [0.2, 0.25) is 0 Å². The molecule has 9 nitrogen and oxygen atoms in total. The topological polar surface area (TPSA) is 117 Å². The van der Waals surface area contributed by atoms with Crippen LogP contribution in [0.1, 0.15) is 40.5 Å². The molecule has 1 aromatic rings. The second kappa shape index (κ2) is 7.94. The number of nitrogens with one attached hydrogen (secondary N) is 1. The number of rotatable bonds is 6. The number of nitrogens with zero attached hydrogens (tertiary/aromatic N) is 3. The average Bonchev–Trinajstić information content (AvgIpc) is 3.20. The van der Waals surface area contributed by atoms with E-state index in [2.05, 4.69) is 15.3 Å². The van der Waals surface area contributed by atoms with Crippen molar-refractivity contribution in [2.75, 3.05) is 25.0 Å². The number of aliphatic hydroxyl groups is 2. The summed E-state index contributed by atoms with van der Waals surface area (Å²) in [5, 5.41) is 21.7. The van der Waals surface area contributed by atoms with Gasteiger partial charge in [0.25, 0.3) is 5.91 Å². The van der Waals surface area contributed by atoms with Crippen LogP contribution >= 0.6 is 0 Å². The molecule has 3 N–H and O–H groups in total. The molecule has 10 heteroatoms. The molecule has 0 aromatic carbocycles. The second-order valence-electron chi connectivity index (χ2n) is 8.34. The second-order valence-corrected chi connectivity index (χ2v) is 8.34. The highest BCUT2D eigenvalue weighted by Crippen LogP contribution is 2.36. The number of amides is 1. The van der Waals surface area contributed by atoms with Crippen molar-refractivity contribution in [1.82, 2.24) is 14.9 Å². The molecule has 0 radical (unpaired) electrons. The van der Waals surface area contributed by atoms with Crippen LogP contribution in [0.4, 0.5) is 5.95 Å². The van der Waals surface area contributed by atoms with E-state index in [1.807, 2.05) is 27.7 Å². The van der Waals surface area contributed by atoms with Crippen molar-refractivity contribution in [2.24, 2.45) is 0 Å². The van der Waals surface area contributed by atoms with Crippen molar-refractivity contribution in [2.45, 2.75) is 63.9 Å². The van der Waals surface area contributed by atoms with Gasteiger partial charge in [-0.1, -0.05) is 0 Å². The molecule has 1 aromatic heterocycles. The molecular weight excluding hydrogens is 363 g/mol. The predicted molar refractivity (Wildman–Crippen MR) is 104 cm³/mol. The Morgan fingerprint density at radius 1 is 1.32 bits per heavy atom. The van der Waals surface area contributed by atoms with Crippen LogP contribution in [-0.2, 0) is 14.1 Å². The summed E-state index contributed by atoms with van der Waals surface area (Å²) in [6, 6.07) is -0.0694. The van der Waals surface area contributed by atoms with Crippen molar-refractivity contribution in [1.29, 1.82) is 0 Å². The van der Waals surface area contributed by atoms with Crippen molar-refractivity contribution >= 4 is 24.4 Å². The molecule has 2 aliphatic heterocycles. The van der Waals surface area contributed by atoms with Gasteiger partial charge in [0.2, 0.25) is 5.95 Å². The molecular formula is C18H29BN4O5. The van der Waals surface area contributed by atoms with Crippen molar-refractivity contribution in [3.8, 4) is 0 Å². The number of carbonyl (C=O) groups is 1. The van der Waals surface area contributed by atoms with Gasteiger partial charge in [-0.05, 0) is 40.5 Å². The minimum atomic E-state index is -1.36. The van der Waals surface area contributed by atoms with E-state index in [9.17, 15) is 9.90 Å². The zero-order chi connectivity index (χ0) is 20.5. The predicted octanol–water partition coefficient (Wildman–Crippen LogP) is -0.468. The highest BCUT2D eigenvalue weighted by molar-refractivity contribution is 6.61. The Balaban J connectivity index is 1.57. The molecule has 3 rings (SSSR count). The van der Waals surface area contributed by atoms with Crippen LogP contribution < -0.4 is 10.8 Å². The van der Waals surface area contributed by atoms with Gasteiger partial charge in [0.15, 0.2) is 6.10 Å². The summed E-state index contributed by atoms with van der Waals surface area (Å²) in [5.74, 6) is 0.00565. The molecule has 28 heavy (non-hydrogen) atoms. The minimum Gasteiger partial charge on any atom is -0.399 e. The summed E-state index contributed by atoms with van der Waals surface area (Å²) in [6.07, 6.45) is 3.66. The van der Waals surface area contributed by atoms with E-state index >= 15 is 0 Å². The molecule has 3 heterocycles. The maximum atomic E-state index is 12.1. The van der Waals surface area contributed by atoms with Gasteiger partial charge >= 0.3 is 7.12 Å². The summed E-state index contributed by atoms with van der Waals surface area (Å²) in [4.78, 5) is 22.4. The fraction of sp³-hybridized carbons (Fsp3) is 0.722. The number of likely N-dealkylation sites (tertiary alicyclic amines) is 1. The highest BCUT2D eigenvalue weighted by Gasteiger charge is 2.52. The zero-order valence-corrected chi connectivity index (χ0v) is 16.9. The summed E-state index contributed by atoms with van der Waals surface area (Å²) >= 11 is 0. The third kappa shape index (κ3) is 4.14. The Hall–Kier alpha value is -1.75. The van der Waals surface area contributed by atoms with E-state index < -0.39 is 36.9 Å². The molecule has 0 aliphatic carbocycles. The molecule has 154 valence electrons. The summed E-state index contributed by atoms with van der Waals surface area (Å²) in [5.41, 5.74) is -0.105. The van der Waals surface area contributed by atoms with E-state index in [0.29, 0.717) is 19.0 Å². The van der Waals surface area contributed by atoms with Gasteiger partial charge in [-0.2, -0.15) is 0 Å². The summed E-state index contributed by atoms with van der Waals surface area (Å²) in [7, 11) is -0.512. The van der Waals surface area contributed by atoms with Gasteiger partial charge in [0.05, 0.1) is 17.8 Å². The first-order valence-corrected chi connectivity index (χ1v) is 9.65. The highest BCUT2D eigenvalue weighted by atomic mass is 16.7. The van der Waals surface area contributed by atoms with Gasteiger partial charge < -0.3 is 29.7 Å². The van der Waals surface area contributed by atoms with E-state index in [1.54, 1.807) is 17.3 Å². The average molecular weight is 392 g/mol. The standard InChI is InChI=1S/C18H29BN4O5/c1-17(2)18(3,4)28-19(27-17)12-8-20-16(21-9-12)22-10-13-6-5-7-23(13)15(26)14(25)11-24/h8-9,13-14,24-25H,5-7,10-11H2,1-4H3,(H,20,21,22)/t13-,14-/m1/s1. The number of hydrogen-bond acceptors (Lipinski definition) is 8. The number of aromatic nitrogens is 2. The van der Waals surface area contributed by atoms with E-state index in [4.69, 9.17) is 14.4 Å². The SMILES string of the molecule is CC1(C)OB(c2cnc(NC[C@H]3CCCN3C(=O)[C@H](O)CO)nc2)OC1(C)C. The molecule has 0 bridgehead atoms. The summed E-state index contributed by atoms with van der Waals surface area (Å²) in [6.45, 7) is 8.44. The fourth-order valence-corrected chi connectivity index (χ4v) is 3.35. The van der Waals surface area contributed by atoms with Gasteiger partial charge in [-0.15, -0.1) is 0 Å². The lowest BCUT2D eigenvalue weighted by Crippen LogP contribution is -2.46. The first kappa shape index (κ1) is 21.0. The lowest BCUT2D eigenvalue weighted by atomic mass is 9.81. The van der Waals surface area contributed by atoms with Crippen LogP contribution in [0.25, 0.3) is 0 Å². The van der Waals surface area contributed by atoms with Crippen LogP contribution in [0.3, 0.4) is 0 Å². The minimum absolute atomic E-state index is 0.0694. The Morgan fingerprint density at radius 2 is 1.93 bits per heavy atom. The smallest absolute Gasteiger partial charge is 0.399 e. The van der Waals surface area contributed by atoms with Crippen LogP contribution in [0.15, 0.2) is 12.4 Å². The van der Waals surface area contributed by atoms with Crippen LogP contribution in [-0.4, -0.2) is 81.2 Å². The molecule has 2 fully saturated rings. The third-order valence-corrected chi connectivity index (χ3v) is 5.81. The first-order valence-electron chi connectivity index (χ1n) is 9.65. The van der Waals surface area contributed by atoms with Crippen LogP contribution in [0.5, 0.6) is 0 Å². The van der Waals surface area contributed by atoms with E-state index in [-0.39, 0.29) is 6.04 Å². The Morgan fingerprint density at radius 3 is 2.50 bits per heavy atom. The quantitative estimate of drug-likeness (QED) is 0.557. The number of carbonyl (C=O) groups excluding carboxylic acids is 1. The van der Waals surface area contributed by atoms with E-state index in [0.717, 1.165) is 18.3 Å². The molecule has 0 spiro atoms. The molecule has 0 saturated carbocycles. The Labute approximate surface area is 165 Å². The normalized spacial score (nSPS) is 24.4. The van der Waals surface area contributed by atoms with Gasteiger partial charge in [0.1, 0.15) is 0 Å². The van der Waals surface area contributed by atoms with Crippen molar-refractivity contribution in [3.05, 3.63) is 12.4 Å². The number of hydrogen-bond donors (Lipinski definition) is 3. The monoisotopic (exact) mass is 392 g/mol. The maximum Gasteiger partial charge on any atom is 0.498 e. The maximum absolute atomic E-state index is 12.1. The fourth-order valence-electron chi connectivity index (χ4n) is 3.35. The van der Waals surface area contributed by atoms with Crippen molar-refractivity contribution in [3.63, 3.8) is 0 Å². The third-order valence-electron chi connectivity index (χ3n) is 5.81. The summed E-state index contributed by atoms with van der Waals surface area (Å²) < 4.78 is 12.0. The van der Waals surface area contributed by atoms with Crippen LogP contribution in [0, 0.1) is 0 Å². The van der Waals surface area contributed by atoms with Gasteiger partial charge in [0, 0.05) is 37.0 Å². The lowest BCUT2D eigenvalue weighted by Gasteiger charge is -2.32. The first-order chi connectivity index (χ1) is 13.1. The van der Waals surface area contributed by atoms with E-state index in [1.165, 1.54) is 0 Å². The number of anilines is 1. The molecule has 1 amide bonds. The largest absolute Gasteiger partial charge is 0.498 e. The Bertz CT molecular complexity index is 684. The zero-order valence-electron chi connectivity index (χ0n) is 16.9. The van der Waals surface area contributed by atoms with Gasteiger partial charge in [-0.25, -0.2) is 9.97 Å². The Kier molecular flexibility index (Phi) is 5.95. The molecule has 2 saturated heterocycles. The van der Waals surface area contributed by atoms with Crippen molar-refractivity contribution < 1.29 is 24.3 Å². The molecule has 0 unspecified atom stereocenters. The number of aliphatic hydroxyl groups excluding tert-OH is 2.